The van der Waals surface area contributed by atoms with Crippen molar-refractivity contribution in [2.24, 2.45) is 11.1 Å². The van der Waals surface area contributed by atoms with E-state index in [0.717, 1.165) is 5.69 Å². The third kappa shape index (κ3) is 3.11. The molecule has 0 saturated heterocycles. The predicted octanol–water partition coefficient (Wildman–Crippen LogP) is 1.06. The summed E-state index contributed by atoms with van der Waals surface area (Å²) in [5, 5.41) is 11.9. The van der Waals surface area contributed by atoms with Gasteiger partial charge in [-0.1, -0.05) is 0 Å². The Labute approximate surface area is 100 Å². The molecule has 0 aliphatic rings. The maximum atomic E-state index is 11.1. The largest absolute Gasteiger partial charge is 0.398 e. The van der Waals surface area contributed by atoms with Crippen LogP contribution in [0.25, 0.3) is 0 Å². The summed E-state index contributed by atoms with van der Waals surface area (Å²) in [5.41, 5.74) is 11.8. The Balaban J connectivity index is 2.78. The summed E-state index contributed by atoms with van der Waals surface area (Å²) in [6.07, 6.45) is 0. The normalized spacial score (nSPS) is 10.6. The number of hydrogen-bond acceptors (Lipinski definition) is 4. The first-order valence-corrected chi connectivity index (χ1v) is 5.20. The molecule has 17 heavy (non-hydrogen) atoms. The van der Waals surface area contributed by atoms with Crippen LogP contribution >= 0.6 is 0 Å². The molecule has 0 radical (unpaired) electrons. The first-order chi connectivity index (χ1) is 7.86. The molecule has 1 aromatic carbocycles. The molecule has 1 rings (SSSR count). The number of nitriles is 1. The third-order valence-electron chi connectivity index (χ3n) is 2.58. The Morgan fingerprint density at radius 2 is 2.18 bits per heavy atom. The van der Waals surface area contributed by atoms with Crippen molar-refractivity contribution < 1.29 is 4.79 Å². The number of nitrogens with one attached hydrogen (secondary N) is 1. The highest BCUT2D eigenvalue weighted by molar-refractivity contribution is 5.80. The lowest BCUT2D eigenvalue weighted by atomic mass is 9.92. The molecule has 5 heteroatoms. The molecule has 0 atom stereocenters. The van der Waals surface area contributed by atoms with Crippen molar-refractivity contribution in [3.05, 3.63) is 23.8 Å². The van der Waals surface area contributed by atoms with Gasteiger partial charge in [0.15, 0.2) is 0 Å². The summed E-state index contributed by atoms with van der Waals surface area (Å²) in [6, 6.07) is 7.05. The highest BCUT2D eigenvalue weighted by atomic mass is 16.1. The van der Waals surface area contributed by atoms with Crippen molar-refractivity contribution in [1.82, 2.24) is 0 Å². The number of anilines is 2. The van der Waals surface area contributed by atoms with Gasteiger partial charge in [0.2, 0.25) is 5.91 Å². The summed E-state index contributed by atoms with van der Waals surface area (Å²) in [4.78, 5) is 11.1. The zero-order chi connectivity index (χ0) is 13.1. The standard InChI is InChI=1S/C12H16N4O/c1-12(2,11(15)17)7-16-9-3-4-10(14)8(5-9)6-13/h3-5,16H,7,14H2,1-2H3,(H2,15,17). The monoisotopic (exact) mass is 232 g/mol. The van der Waals surface area contributed by atoms with Crippen LogP contribution in [-0.4, -0.2) is 12.5 Å². The van der Waals surface area contributed by atoms with Crippen molar-refractivity contribution >= 4 is 17.3 Å². The Morgan fingerprint density at radius 3 is 2.71 bits per heavy atom. The number of hydrogen-bond donors (Lipinski definition) is 3. The number of nitrogens with two attached hydrogens (primary N) is 2. The minimum absolute atomic E-state index is 0.374. The first kappa shape index (κ1) is 12.8. The van der Waals surface area contributed by atoms with Gasteiger partial charge in [-0.2, -0.15) is 5.26 Å². The molecule has 1 amide bonds. The maximum Gasteiger partial charge on any atom is 0.224 e. The summed E-state index contributed by atoms with van der Waals surface area (Å²) >= 11 is 0. The van der Waals surface area contributed by atoms with Crippen LogP contribution in [0.2, 0.25) is 0 Å². The van der Waals surface area contributed by atoms with Crippen molar-refractivity contribution in [3.63, 3.8) is 0 Å². The number of amides is 1. The molecule has 0 saturated carbocycles. The van der Waals surface area contributed by atoms with E-state index in [1.54, 1.807) is 32.0 Å². The van der Waals surface area contributed by atoms with E-state index in [0.29, 0.717) is 17.8 Å². The molecular weight excluding hydrogens is 216 g/mol. The van der Waals surface area contributed by atoms with Crippen LogP contribution in [0.15, 0.2) is 18.2 Å². The minimum Gasteiger partial charge on any atom is -0.398 e. The Bertz CT molecular complexity index is 474. The SMILES string of the molecule is CC(C)(CNc1ccc(N)c(C#N)c1)C(N)=O. The molecule has 0 heterocycles. The number of carbonyl (C=O) groups excluding carboxylic acids is 1. The Hall–Kier alpha value is -2.22. The fourth-order valence-corrected chi connectivity index (χ4v) is 1.17. The van der Waals surface area contributed by atoms with Gasteiger partial charge in [0.05, 0.1) is 11.0 Å². The highest BCUT2D eigenvalue weighted by Gasteiger charge is 2.24. The lowest BCUT2D eigenvalue weighted by Gasteiger charge is -2.21. The van der Waals surface area contributed by atoms with Crippen LogP contribution in [-0.2, 0) is 4.79 Å². The molecule has 0 bridgehead atoms. The van der Waals surface area contributed by atoms with Gasteiger partial charge in [-0.25, -0.2) is 0 Å². The Morgan fingerprint density at radius 1 is 1.53 bits per heavy atom. The molecule has 90 valence electrons. The molecule has 0 aliphatic heterocycles. The fraction of sp³-hybridized carbons (Fsp3) is 0.333. The number of primary amides is 1. The summed E-state index contributed by atoms with van der Waals surface area (Å²) in [5.74, 6) is -0.374. The average molecular weight is 232 g/mol. The second-order valence-corrected chi connectivity index (χ2v) is 4.52. The first-order valence-electron chi connectivity index (χ1n) is 5.20. The second-order valence-electron chi connectivity index (χ2n) is 4.52. The van der Waals surface area contributed by atoms with Crippen molar-refractivity contribution in [2.75, 3.05) is 17.6 Å². The van der Waals surface area contributed by atoms with E-state index in [4.69, 9.17) is 16.7 Å². The van der Waals surface area contributed by atoms with Gasteiger partial charge in [0.25, 0.3) is 0 Å². The van der Waals surface area contributed by atoms with Gasteiger partial charge in [-0.15, -0.1) is 0 Å². The number of nitrogens with zero attached hydrogens (tertiary/aromatic N) is 1. The zero-order valence-electron chi connectivity index (χ0n) is 9.95. The van der Waals surface area contributed by atoms with Gasteiger partial charge in [-0.05, 0) is 32.0 Å². The van der Waals surface area contributed by atoms with Crippen molar-refractivity contribution in [1.29, 1.82) is 5.26 Å². The van der Waals surface area contributed by atoms with Crippen molar-refractivity contribution in [2.45, 2.75) is 13.8 Å². The van der Waals surface area contributed by atoms with Crippen LogP contribution in [0.1, 0.15) is 19.4 Å². The van der Waals surface area contributed by atoms with Gasteiger partial charge in [0.1, 0.15) is 6.07 Å². The smallest absolute Gasteiger partial charge is 0.224 e. The lowest BCUT2D eigenvalue weighted by Crippen LogP contribution is -2.37. The molecule has 0 aromatic heterocycles. The number of carbonyl (C=O) groups is 1. The van der Waals surface area contributed by atoms with Crippen molar-refractivity contribution in [3.8, 4) is 6.07 Å². The second kappa shape index (κ2) is 4.74. The molecule has 0 unspecified atom stereocenters. The fourth-order valence-electron chi connectivity index (χ4n) is 1.17. The quantitative estimate of drug-likeness (QED) is 0.675. The van der Waals surface area contributed by atoms with Crippen LogP contribution in [0, 0.1) is 16.7 Å². The van der Waals surface area contributed by atoms with E-state index in [9.17, 15) is 4.79 Å². The molecule has 5 N–H and O–H groups in total. The van der Waals surface area contributed by atoms with E-state index in [1.807, 2.05) is 6.07 Å². The molecule has 0 fully saturated rings. The lowest BCUT2D eigenvalue weighted by molar-refractivity contribution is -0.125. The average Bonchev–Trinajstić information content (AvgIpc) is 2.28. The predicted molar refractivity (Wildman–Crippen MR) is 67.0 cm³/mol. The van der Waals surface area contributed by atoms with E-state index in [1.165, 1.54) is 0 Å². The van der Waals surface area contributed by atoms with Gasteiger partial charge < -0.3 is 16.8 Å². The molecule has 5 nitrogen and oxygen atoms in total. The third-order valence-corrected chi connectivity index (χ3v) is 2.58. The zero-order valence-corrected chi connectivity index (χ0v) is 9.95. The molecule has 0 spiro atoms. The topological polar surface area (TPSA) is 105 Å². The highest BCUT2D eigenvalue weighted by Crippen LogP contribution is 2.19. The summed E-state index contributed by atoms with van der Waals surface area (Å²) in [6.45, 7) is 3.91. The van der Waals surface area contributed by atoms with Gasteiger partial charge in [-0.3, -0.25) is 4.79 Å². The van der Waals surface area contributed by atoms with E-state index in [-0.39, 0.29) is 5.91 Å². The maximum absolute atomic E-state index is 11.1. The minimum atomic E-state index is -0.645. The summed E-state index contributed by atoms with van der Waals surface area (Å²) < 4.78 is 0. The van der Waals surface area contributed by atoms with Crippen LogP contribution < -0.4 is 16.8 Å². The van der Waals surface area contributed by atoms with Gasteiger partial charge >= 0.3 is 0 Å². The van der Waals surface area contributed by atoms with E-state index < -0.39 is 5.41 Å². The van der Waals surface area contributed by atoms with Gasteiger partial charge in [0, 0.05) is 17.9 Å². The molecule has 1 aromatic rings. The number of nitrogen functional groups attached to an aromatic ring is 1. The Kier molecular flexibility index (Phi) is 3.59. The number of benzene rings is 1. The van der Waals surface area contributed by atoms with E-state index >= 15 is 0 Å². The molecular formula is C12H16N4O. The molecule has 0 aliphatic carbocycles. The number of rotatable bonds is 4. The van der Waals surface area contributed by atoms with E-state index in [2.05, 4.69) is 5.32 Å². The van der Waals surface area contributed by atoms with Crippen LogP contribution in [0.3, 0.4) is 0 Å². The van der Waals surface area contributed by atoms with Crippen LogP contribution in [0.4, 0.5) is 11.4 Å². The summed E-state index contributed by atoms with van der Waals surface area (Å²) in [7, 11) is 0. The van der Waals surface area contributed by atoms with Crippen LogP contribution in [0.5, 0.6) is 0 Å².